The third kappa shape index (κ3) is 7.54. The lowest BCUT2D eigenvalue weighted by Gasteiger charge is -2.24. The van der Waals surface area contributed by atoms with E-state index in [4.69, 9.17) is 4.74 Å². The first-order valence-electron chi connectivity index (χ1n) is 11.0. The predicted molar refractivity (Wildman–Crippen MR) is 124 cm³/mol. The molecule has 2 aromatic rings. The summed E-state index contributed by atoms with van der Waals surface area (Å²) in [6.45, 7) is 7.91. The van der Waals surface area contributed by atoms with Gasteiger partial charge in [0.05, 0.1) is 36.8 Å². The molecule has 0 aliphatic carbocycles. The second-order valence-corrected chi connectivity index (χ2v) is 8.06. The highest BCUT2D eigenvalue weighted by molar-refractivity contribution is 6.04. The summed E-state index contributed by atoms with van der Waals surface area (Å²) in [7, 11) is 0. The number of hydrogen-bond acceptors (Lipinski definition) is 6. The number of aliphatic hydroxyl groups excluding tert-OH is 1. The van der Waals surface area contributed by atoms with Gasteiger partial charge in [-0.25, -0.2) is 4.98 Å². The summed E-state index contributed by atoms with van der Waals surface area (Å²) in [6.07, 6.45) is -1.05. The molecule has 1 aliphatic heterocycles. The molecular weight excluding hydrogens is 449 g/mol. The average molecular weight is 479 g/mol. The van der Waals surface area contributed by atoms with E-state index in [-0.39, 0.29) is 12.2 Å². The van der Waals surface area contributed by atoms with E-state index in [1.54, 1.807) is 18.2 Å². The number of nitrogens with zero attached hydrogens (tertiary/aromatic N) is 3. The average Bonchev–Trinajstić information content (AvgIpc) is 3.05. The molecule has 1 amide bonds. The maximum absolute atomic E-state index is 12.9. The molecule has 0 saturated carbocycles. The number of rotatable bonds is 9. The first kappa shape index (κ1) is 25.7. The largest absolute Gasteiger partial charge is 0.416 e. The fourth-order valence-electron chi connectivity index (χ4n) is 3.71. The number of alkyl halides is 3. The monoisotopic (exact) mass is 478 g/mol. The summed E-state index contributed by atoms with van der Waals surface area (Å²) in [5, 5.41) is 12.7. The fourth-order valence-corrected chi connectivity index (χ4v) is 3.71. The molecule has 1 fully saturated rings. The summed E-state index contributed by atoms with van der Waals surface area (Å²) in [4.78, 5) is 21.1. The molecule has 1 aliphatic rings. The third-order valence-electron chi connectivity index (χ3n) is 5.39. The summed E-state index contributed by atoms with van der Waals surface area (Å²) in [5.74, 6) is 0.107. The summed E-state index contributed by atoms with van der Waals surface area (Å²) >= 11 is 0. The Kier molecular flexibility index (Phi) is 9.03. The van der Waals surface area contributed by atoms with Gasteiger partial charge in [0.25, 0.3) is 5.91 Å². The molecule has 34 heavy (non-hydrogen) atoms. The van der Waals surface area contributed by atoms with Crippen molar-refractivity contribution in [3.05, 3.63) is 66.4 Å². The van der Waals surface area contributed by atoms with Crippen molar-refractivity contribution in [2.45, 2.75) is 18.7 Å². The van der Waals surface area contributed by atoms with Crippen LogP contribution in [0, 0.1) is 0 Å². The molecule has 1 aromatic carbocycles. The number of carbonyl (C=O) groups excluding carboxylic acids is 1. The molecule has 1 atom stereocenters. The van der Waals surface area contributed by atoms with E-state index in [2.05, 4.69) is 26.7 Å². The van der Waals surface area contributed by atoms with E-state index in [9.17, 15) is 23.1 Å². The molecule has 0 spiro atoms. The van der Waals surface area contributed by atoms with Crippen LogP contribution in [0.5, 0.6) is 0 Å². The lowest BCUT2D eigenvalue weighted by atomic mass is 10.1. The fraction of sp³-hybridized carbons (Fsp3) is 0.417. The molecule has 1 aromatic heterocycles. The number of halogens is 3. The van der Waals surface area contributed by atoms with Crippen molar-refractivity contribution in [3.8, 4) is 0 Å². The molecule has 0 bridgehead atoms. The minimum Gasteiger partial charge on any atom is -0.389 e. The molecule has 0 unspecified atom stereocenters. The molecule has 10 heteroatoms. The smallest absolute Gasteiger partial charge is 0.389 e. The van der Waals surface area contributed by atoms with Crippen LogP contribution < -0.4 is 10.2 Å². The van der Waals surface area contributed by atoms with Crippen molar-refractivity contribution in [1.29, 1.82) is 0 Å². The summed E-state index contributed by atoms with van der Waals surface area (Å²) in [5.41, 5.74) is -0.561. The first-order valence-corrected chi connectivity index (χ1v) is 11.0. The Bertz CT molecular complexity index is 953. The number of aromatic nitrogens is 1. The van der Waals surface area contributed by atoms with Crippen LogP contribution in [-0.4, -0.2) is 72.9 Å². The number of benzene rings is 1. The Balaban J connectivity index is 1.53. The van der Waals surface area contributed by atoms with Crippen LogP contribution in [-0.2, 0) is 10.9 Å². The Hall–Kier alpha value is -2.95. The van der Waals surface area contributed by atoms with Gasteiger partial charge in [0.2, 0.25) is 0 Å². The highest BCUT2D eigenvalue weighted by atomic mass is 19.4. The van der Waals surface area contributed by atoms with E-state index >= 15 is 0 Å². The van der Waals surface area contributed by atoms with E-state index in [1.165, 1.54) is 18.3 Å². The van der Waals surface area contributed by atoms with Gasteiger partial charge < -0.3 is 20.1 Å². The first-order chi connectivity index (χ1) is 16.3. The zero-order valence-corrected chi connectivity index (χ0v) is 18.8. The molecule has 184 valence electrons. The van der Waals surface area contributed by atoms with Crippen LogP contribution in [0.3, 0.4) is 0 Å². The number of nitrogens with one attached hydrogen (secondary N) is 1. The number of ether oxygens (including phenoxy) is 1. The molecule has 0 radical (unpaired) electrons. The molecule has 3 rings (SSSR count). The molecule has 1 saturated heterocycles. The Labute approximate surface area is 196 Å². The minimum atomic E-state index is -4.51. The SMILES string of the molecule is C=CCOC[C@H](O)CN1CCCN(c2ccc(NC(=O)c3cccc(C(F)(F)F)c3)cn2)CC1. The van der Waals surface area contributed by atoms with Gasteiger partial charge in [-0.1, -0.05) is 12.1 Å². The molecule has 7 nitrogen and oxygen atoms in total. The normalized spacial score (nSPS) is 16.1. The molecule has 2 heterocycles. The summed E-state index contributed by atoms with van der Waals surface area (Å²) in [6, 6.07) is 7.73. The van der Waals surface area contributed by atoms with E-state index in [0.29, 0.717) is 18.8 Å². The van der Waals surface area contributed by atoms with E-state index < -0.39 is 23.8 Å². The van der Waals surface area contributed by atoms with Gasteiger partial charge in [-0.15, -0.1) is 6.58 Å². The van der Waals surface area contributed by atoms with Gasteiger partial charge >= 0.3 is 6.18 Å². The standard InChI is InChI=1S/C24H29F3N4O3/c1-2-13-34-17-21(32)16-30-9-4-10-31(12-11-30)22-8-7-20(15-28-22)29-23(33)18-5-3-6-19(14-18)24(25,26)27/h2-3,5-8,14-15,21,32H,1,4,9-13,16-17H2,(H,29,33)/t21-/m1/s1. The van der Waals surface area contributed by atoms with Crippen LogP contribution >= 0.6 is 0 Å². The van der Waals surface area contributed by atoms with Crippen LogP contribution in [0.15, 0.2) is 55.3 Å². The van der Waals surface area contributed by atoms with E-state index in [1.807, 2.05) is 0 Å². The van der Waals surface area contributed by atoms with Crippen LogP contribution in [0.25, 0.3) is 0 Å². The zero-order valence-electron chi connectivity index (χ0n) is 18.8. The van der Waals surface area contributed by atoms with Gasteiger partial charge in [-0.05, 0) is 43.3 Å². The Morgan fingerprint density at radius 1 is 1.24 bits per heavy atom. The topological polar surface area (TPSA) is 77.9 Å². The number of aliphatic hydroxyl groups is 1. The highest BCUT2D eigenvalue weighted by Gasteiger charge is 2.31. The van der Waals surface area contributed by atoms with Crippen LogP contribution in [0.2, 0.25) is 0 Å². The summed E-state index contributed by atoms with van der Waals surface area (Å²) < 4.78 is 44.0. The van der Waals surface area contributed by atoms with Gasteiger partial charge in [0.1, 0.15) is 5.82 Å². The number of hydrogen-bond donors (Lipinski definition) is 2. The maximum Gasteiger partial charge on any atom is 0.416 e. The van der Waals surface area contributed by atoms with Crippen LogP contribution in [0.1, 0.15) is 22.3 Å². The number of pyridine rings is 1. The highest BCUT2D eigenvalue weighted by Crippen LogP contribution is 2.29. The van der Waals surface area contributed by atoms with Crippen molar-refractivity contribution in [2.75, 3.05) is 56.2 Å². The molecular formula is C24H29F3N4O3. The number of carbonyl (C=O) groups is 1. The lowest BCUT2D eigenvalue weighted by Crippen LogP contribution is -2.37. The van der Waals surface area contributed by atoms with Crippen molar-refractivity contribution in [3.63, 3.8) is 0 Å². The van der Waals surface area contributed by atoms with Gasteiger partial charge in [-0.3, -0.25) is 9.69 Å². The van der Waals surface area contributed by atoms with Gasteiger partial charge in [0, 0.05) is 31.7 Å². The zero-order chi connectivity index (χ0) is 24.6. The third-order valence-corrected chi connectivity index (χ3v) is 5.39. The second kappa shape index (κ2) is 12.0. The molecule has 2 N–H and O–H groups in total. The van der Waals surface area contributed by atoms with Crippen molar-refractivity contribution >= 4 is 17.4 Å². The second-order valence-electron chi connectivity index (χ2n) is 8.06. The van der Waals surface area contributed by atoms with Crippen molar-refractivity contribution in [1.82, 2.24) is 9.88 Å². The van der Waals surface area contributed by atoms with E-state index in [0.717, 1.165) is 50.6 Å². The number of anilines is 2. The Morgan fingerprint density at radius 2 is 2.06 bits per heavy atom. The maximum atomic E-state index is 12.9. The minimum absolute atomic E-state index is 0.0800. The van der Waals surface area contributed by atoms with Crippen LogP contribution in [0.4, 0.5) is 24.7 Å². The number of amides is 1. The lowest BCUT2D eigenvalue weighted by molar-refractivity contribution is -0.137. The van der Waals surface area contributed by atoms with Gasteiger partial charge in [-0.2, -0.15) is 13.2 Å². The predicted octanol–water partition coefficient (Wildman–Crippen LogP) is 3.43. The number of β-amino-alcohol motifs (C(OH)–C–C–N with tert-alkyl or cyclic N) is 1. The van der Waals surface area contributed by atoms with Crippen molar-refractivity contribution < 1.29 is 27.8 Å². The van der Waals surface area contributed by atoms with Crippen molar-refractivity contribution in [2.24, 2.45) is 0 Å². The Morgan fingerprint density at radius 3 is 2.76 bits per heavy atom. The quantitative estimate of drug-likeness (QED) is 0.425. The van der Waals surface area contributed by atoms with Gasteiger partial charge in [0.15, 0.2) is 0 Å².